The number of rotatable bonds is 10. The van der Waals surface area contributed by atoms with E-state index in [1.807, 2.05) is 64.1 Å². The largest absolute Gasteiger partial charge is 0.377 e. The quantitative estimate of drug-likeness (QED) is 0.184. The van der Waals surface area contributed by atoms with Gasteiger partial charge in [-0.25, -0.2) is 9.97 Å². The van der Waals surface area contributed by atoms with E-state index in [2.05, 4.69) is 49.0 Å². The number of anilines is 4. The van der Waals surface area contributed by atoms with Crippen LogP contribution in [-0.2, 0) is 11.3 Å². The zero-order chi connectivity index (χ0) is 25.0. The van der Waals surface area contributed by atoms with Crippen LogP contribution in [0.1, 0.15) is 38.8 Å². The molecule has 2 aromatic heterocycles. The first-order valence-electron chi connectivity index (χ1n) is 11.7. The molecule has 0 aliphatic rings. The predicted octanol–water partition coefficient (Wildman–Crippen LogP) is 6.10. The van der Waals surface area contributed by atoms with Crippen molar-refractivity contribution >= 4 is 44.0 Å². The molecule has 2 aromatic carbocycles. The molecule has 8 heteroatoms. The van der Waals surface area contributed by atoms with Crippen LogP contribution in [0.5, 0.6) is 0 Å². The summed E-state index contributed by atoms with van der Waals surface area (Å²) in [5.74, 6) is 3.34. The Bertz CT molecular complexity index is 1250. The molecule has 0 spiro atoms. The van der Waals surface area contributed by atoms with Gasteiger partial charge in [-0.05, 0) is 49.7 Å². The maximum Gasteiger partial charge on any atom is 0.189 e. The molecule has 3 N–H and O–H groups in total. The van der Waals surface area contributed by atoms with E-state index in [-0.39, 0.29) is 6.10 Å². The smallest absolute Gasteiger partial charge is 0.189 e. The third kappa shape index (κ3) is 7.76. The molecule has 0 fully saturated rings. The molecule has 0 atom stereocenters. The number of ether oxygens (including phenoxy) is 1. The van der Waals surface area contributed by atoms with Crippen molar-refractivity contribution in [2.24, 2.45) is 0 Å². The Hall–Kier alpha value is -3.51. The Morgan fingerprint density at radius 2 is 1.83 bits per heavy atom. The highest BCUT2D eigenvalue weighted by Gasteiger charge is 2.11. The summed E-state index contributed by atoms with van der Waals surface area (Å²) in [5, 5.41) is 10.8. The first-order valence-corrected chi connectivity index (χ1v) is 12.6. The van der Waals surface area contributed by atoms with Gasteiger partial charge in [0.15, 0.2) is 16.6 Å². The molecule has 0 unspecified atom stereocenters. The lowest BCUT2D eigenvalue weighted by Crippen LogP contribution is -2.20. The Labute approximate surface area is 211 Å². The monoisotopic (exact) mass is 488 g/mol. The van der Waals surface area contributed by atoms with Crippen LogP contribution in [0.2, 0.25) is 0 Å². The lowest BCUT2D eigenvalue weighted by Gasteiger charge is -2.09. The van der Waals surface area contributed by atoms with Gasteiger partial charge in [-0.3, -0.25) is 0 Å². The van der Waals surface area contributed by atoms with Gasteiger partial charge in [0.2, 0.25) is 0 Å². The number of thiazole rings is 1. The number of hydrogen-bond donors (Lipinski definition) is 3. The number of terminal acetylenes is 1. The molecule has 0 aliphatic heterocycles. The summed E-state index contributed by atoms with van der Waals surface area (Å²) >= 11 is 1.50. The van der Waals surface area contributed by atoms with Gasteiger partial charge in [-0.15, -0.1) is 6.42 Å². The number of benzene rings is 2. The maximum atomic E-state index is 5.54. The highest BCUT2D eigenvalue weighted by atomic mass is 32.1. The second-order valence-corrected chi connectivity index (χ2v) is 8.66. The number of fused-ring (bicyclic) bond motifs is 1. The van der Waals surface area contributed by atoms with Crippen molar-refractivity contribution in [3.8, 4) is 12.3 Å². The average molecular weight is 489 g/mol. The summed E-state index contributed by atoms with van der Waals surface area (Å²) in [6.45, 7) is 10.4. The van der Waals surface area contributed by atoms with E-state index in [1.54, 1.807) is 0 Å². The molecule has 182 valence electrons. The third-order valence-electron chi connectivity index (χ3n) is 4.75. The summed E-state index contributed by atoms with van der Waals surface area (Å²) < 4.78 is 6.41. The summed E-state index contributed by atoms with van der Waals surface area (Å²) in [7, 11) is 0. The van der Waals surface area contributed by atoms with E-state index in [9.17, 15) is 0 Å². The van der Waals surface area contributed by atoms with E-state index in [0.29, 0.717) is 18.1 Å². The van der Waals surface area contributed by atoms with Crippen LogP contribution in [0.3, 0.4) is 0 Å². The Kier molecular flexibility index (Phi) is 9.99. The summed E-state index contributed by atoms with van der Waals surface area (Å²) in [6, 6.07) is 15.9. The minimum Gasteiger partial charge on any atom is -0.377 e. The molecule has 0 saturated heterocycles. The first kappa shape index (κ1) is 26.1. The van der Waals surface area contributed by atoms with Gasteiger partial charge >= 0.3 is 0 Å². The second kappa shape index (κ2) is 13.4. The molecule has 7 nitrogen and oxygen atoms in total. The van der Waals surface area contributed by atoms with E-state index in [4.69, 9.17) is 11.2 Å². The van der Waals surface area contributed by atoms with Crippen molar-refractivity contribution < 1.29 is 4.74 Å². The number of hydrogen-bond acceptors (Lipinski definition) is 8. The van der Waals surface area contributed by atoms with Crippen molar-refractivity contribution in [2.45, 2.75) is 40.3 Å². The van der Waals surface area contributed by atoms with Gasteiger partial charge in [-0.2, -0.15) is 4.98 Å². The van der Waals surface area contributed by atoms with Crippen LogP contribution < -0.4 is 16.0 Å². The molecule has 2 heterocycles. The first-order chi connectivity index (χ1) is 17.1. The van der Waals surface area contributed by atoms with Crippen LogP contribution in [0.15, 0.2) is 54.9 Å². The third-order valence-corrected chi connectivity index (χ3v) is 5.71. The van der Waals surface area contributed by atoms with E-state index >= 15 is 0 Å². The van der Waals surface area contributed by atoms with Gasteiger partial charge in [0.05, 0.1) is 12.7 Å². The molecular formula is C27H32N6OS. The zero-order valence-electron chi connectivity index (χ0n) is 20.6. The van der Waals surface area contributed by atoms with E-state index < -0.39 is 0 Å². The lowest BCUT2D eigenvalue weighted by atomic mass is 10.2. The van der Waals surface area contributed by atoms with Crippen LogP contribution >= 0.6 is 11.3 Å². The molecule has 0 saturated carbocycles. The predicted molar refractivity (Wildman–Crippen MR) is 147 cm³/mol. The van der Waals surface area contributed by atoms with Gasteiger partial charge in [0.1, 0.15) is 11.0 Å². The van der Waals surface area contributed by atoms with Crippen LogP contribution in [-0.4, -0.2) is 34.2 Å². The minimum atomic E-state index is 0.261. The molecule has 35 heavy (non-hydrogen) atoms. The summed E-state index contributed by atoms with van der Waals surface area (Å²) in [5.41, 5.74) is 4.48. The molecule has 0 radical (unpaired) electrons. The van der Waals surface area contributed by atoms with Crippen molar-refractivity contribution in [1.82, 2.24) is 20.3 Å². The summed E-state index contributed by atoms with van der Waals surface area (Å²) in [4.78, 5) is 13.3. The lowest BCUT2D eigenvalue weighted by molar-refractivity contribution is 0.0807. The maximum absolute atomic E-state index is 5.54. The molecule has 4 aromatic rings. The Balaban J connectivity index is 0.00000167. The molecule has 0 aliphatic carbocycles. The number of nitrogens with one attached hydrogen (secondary N) is 3. The topological polar surface area (TPSA) is 84.0 Å². The van der Waals surface area contributed by atoms with Crippen molar-refractivity contribution in [1.29, 1.82) is 0 Å². The van der Waals surface area contributed by atoms with Gasteiger partial charge < -0.3 is 20.7 Å². The van der Waals surface area contributed by atoms with E-state index in [0.717, 1.165) is 39.9 Å². The average Bonchev–Trinajstić information content (AvgIpc) is 3.29. The van der Waals surface area contributed by atoms with Crippen LogP contribution in [0.4, 0.5) is 22.3 Å². The fourth-order valence-electron chi connectivity index (χ4n) is 3.15. The minimum absolute atomic E-state index is 0.261. The molecule has 4 rings (SSSR count). The molecular weight excluding hydrogens is 456 g/mol. The summed E-state index contributed by atoms with van der Waals surface area (Å²) in [6.07, 6.45) is 7.27. The van der Waals surface area contributed by atoms with Gasteiger partial charge in [-0.1, -0.05) is 49.3 Å². The van der Waals surface area contributed by atoms with Crippen molar-refractivity contribution in [3.63, 3.8) is 0 Å². The normalized spacial score (nSPS) is 10.5. The molecule has 0 bridgehead atoms. The Morgan fingerprint density at radius 3 is 2.57 bits per heavy atom. The van der Waals surface area contributed by atoms with Crippen LogP contribution in [0.25, 0.3) is 10.3 Å². The molecule has 0 amide bonds. The Morgan fingerprint density at radius 1 is 1.03 bits per heavy atom. The highest BCUT2D eigenvalue weighted by molar-refractivity contribution is 7.22. The van der Waals surface area contributed by atoms with Gasteiger partial charge in [0.25, 0.3) is 0 Å². The van der Waals surface area contributed by atoms with E-state index in [1.165, 1.54) is 23.2 Å². The van der Waals surface area contributed by atoms with Crippen molar-refractivity contribution in [2.75, 3.05) is 23.8 Å². The highest BCUT2D eigenvalue weighted by Crippen LogP contribution is 2.32. The number of nitrogens with zero attached hydrogens (tertiary/aromatic N) is 3. The fourth-order valence-corrected chi connectivity index (χ4v) is 4.03. The number of aromatic nitrogens is 3. The van der Waals surface area contributed by atoms with Gasteiger partial charge in [0, 0.05) is 30.0 Å². The second-order valence-electron chi connectivity index (χ2n) is 7.66. The van der Waals surface area contributed by atoms with Crippen LogP contribution in [0, 0.1) is 12.3 Å². The standard InChI is InChI=1S/C25H26N6OS.C2H6/c1-4-18-6-5-7-21(14-18)29-23-22-24(28-16-27-23)31-25(33-22)30-20-10-8-19(9-11-20)15-26-12-13-32-17(2)3;1-2/h1,5-11,14,16-17,26H,12-13,15H2,2-3H3,(H2,27,28,29,30,31);1-2H3. The fraction of sp³-hybridized carbons (Fsp3) is 0.296. The van der Waals surface area contributed by atoms with Crippen molar-refractivity contribution in [3.05, 3.63) is 66.0 Å². The SMILES string of the molecule is C#Cc1cccc(Nc2ncnc3nc(Nc4ccc(CNCCOC(C)C)cc4)sc23)c1.CC. The zero-order valence-corrected chi connectivity index (χ0v) is 21.4.